The third-order valence-corrected chi connectivity index (χ3v) is 6.83. The number of benzene rings is 2. The molecule has 1 aliphatic heterocycles. The third kappa shape index (κ3) is 5.48. The second kappa shape index (κ2) is 10.5. The van der Waals surface area contributed by atoms with Gasteiger partial charge in [-0.2, -0.15) is 0 Å². The summed E-state index contributed by atoms with van der Waals surface area (Å²) in [5.74, 6) is 0.0786. The first-order valence-corrected chi connectivity index (χ1v) is 11.7. The summed E-state index contributed by atoms with van der Waals surface area (Å²) in [6.07, 6.45) is 4.42. The number of amides is 2. The molecule has 0 radical (unpaired) electrons. The lowest BCUT2D eigenvalue weighted by atomic mass is 9.94. The Labute approximate surface area is 193 Å². The zero-order valence-electron chi connectivity index (χ0n) is 18.1. The fourth-order valence-corrected chi connectivity index (χ4v) is 4.95. The normalized spacial score (nSPS) is 18.5. The molecular formula is C25H29ClFN3O2. The molecule has 170 valence electrons. The minimum absolute atomic E-state index is 0.000468. The van der Waals surface area contributed by atoms with Gasteiger partial charge in [-0.1, -0.05) is 36.6 Å². The second-order valence-electron chi connectivity index (χ2n) is 8.67. The van der Waals surface area contributed by atoms with Crippen molar-refractivity contribution in [1.82, 2.24) is 15.1 Å². The molecule has 2 aliphatic rings. The fraction of sp³-hybridized carbons (Fsp3) is 0.440. The van der Waals surface area contributed by atoms with Crippen LogP contribution in [0.1, 0.15) is 41.6 Å². The van der Waals surface area contributed by atoms with E-state index in [1.807, 2.05) is 4.90 Å². The summed E-state index contributed by atoms with van der Waals surface area (Å²) in [5.41, 5.74) is 1.51. The lowest BCUT2D eigenvalue weighted by molar-refractivity contribution is -0.129. The first-order chi connectivity index (χ1) is 15.5. The summed E-state index contributed by atoms with van der Waals surface area (Å²) in [7, 11) is 0. The lowest BCUT2D eigenvalue weighted by Crippen LogP contribution is -2.57. The van der Waals surface area contributed by atoms with E-state index in [1.54, 1.807) is 36.4 Å². The molecule has 0 spiro atoms. The van der Waals surface area contributed by atoms with Crippen molar-refractivity contribution in [3.63, 3.8) is 0 Å². The zero-order valence-corrected chi connectivity index (χ0v) is 18.9. The summed E-state index contributed by atoms with van der Waals surface area (Å²) in [4.78, 5) is 30.1. The monoisotopic (exact) mass is 457 g/mol. The van der Waals surface area contributed by atoms with Crippen LogP contribution in [0.15, 0.2) is 48.5 Å². The van der Waals surface area contributed by atoms with Gasteiger partial charge in [-0.05, 0) is 60.7 Å². The van der Waals surface area contributed by atoms with Gasteiger partial charge in [0.2, 0.25) is 5.91 Å². The number of carbonyl (C=O) groups excluding carboxylic acids is 2. The van der Waals surface area contributed by atoms with Crippen LogP contribution in [0, 0.1) is 11.7 Å². The predicted octanol–water partition coefficient (Wildman–Crippen LogP) is 4.11. The molecule has 0 bridgehead atoms. The number of hydrogen-bond acceptors (Lipinski definition) is 3. The molecule has 2 fully saturated rings. The van der Waals surface area contributed by atoms with Crippen LogP contribution in [0.2, 0.25) is 5.02 Å². The molecule has 1 atom stereocenters. The zero-order chi connectivity index (χ0) is 22.5. The van der Waals surface area contributed by atoms with Crippen LogP contribution in [0.3, 0.4) is 0 Å². The van der Waals surface area contributed by atoms with Crippen LogP contribution in [0.4, 0.5) is 4.39 Å². The second-order valence-corrected chi connectivity index (χ2v) is 9.11. The van der Waals surface area contributed by atoms with E-state index in [0.29, 0.717) is 49.2 Å². The number of nitrogens with one attached hydrogen (secondary N) is 1. The van der Waals surface area contributed by atoms with Crippen LogP contribution in [-0.4, -0.2) is 53.8 Å². The smallest absolute Gasteiger partial charge is 0.253 e. The molecule has 1 N–H and O–H groups in total. The quantitative estimate of drug-likeness (QED) is 0.710. The first kappa shape index (κ1) is 22.7. The Morgan fingerprint density at radius 1 is 0.969 bits per heavy atom. The SMILES string of the molecule is O=C(NCc1ccc(F)cc1)C(C1CCCC1)N1CCN(C(=O)c2ccc(Cl)cc2)CC1. The average molecular weight is 458 g/mol. The highest BCUT2D eigenvalue weighted by molar-refractivity contribution is 6.30. The average Bonchev–Trinajstić information content (AvgIpc) is 3.34. The number of carbonyl (C=O) groups is 2. The standard InChI is InChI=1S/C25H29ClFN3O2/c26-21-9-7-20(8-10-21)25(32)30-15-13-29(14-16-30)23(19-3-1-2-4-19)24(31)28-17-18-5-11-22(27)12-6-18/h5-12,19,23H,1-4,13-17H2,(H,28,31). The van der Waals surface area contributed by atoms with Gasteiger partial charge in [-0.25, -0.2) is 4.39 Å². The molecule has 0 aromatic heterocycles. The van der Waals surface area contributed by atoms with E-state index in [-0.39, 0.29) is 23.7 Å². The van der Waals surface area contributed by atoms with Gasteiger partial charge in [0, 0.05) is 43.3 Å². The van der Waals surface area contributed by atoms with Gasteiger partial charge in [0.1, 0.15) is 5.82 Å². The van der Waals surface area contributed by atoms with Crippen LogP contribution < -0.4 is 5.32 Å². The van der Waals surface area contributed by atoms with E-state index in [9.17, 15) is 14.0 Å². The molecule has 1 heterocycles. The topological polar surface area (TPSA) is 52.7 Å². The van der Waals surface area contributed by atoms with Crippen molar-refractivity contribution in [3.05, 3.63) is 70.5 Å². The summed E-state index contributed by atoms with van der Waals surface area (Å²) >= 11 is 5.93. The molecule has 5 nitrogen and oxygen atoms in total. The maximum absolute atomic E-state index is 13.2. The molecule has 1 saturated carbocycles. The van der Waals surface area contributed by atoms with Gasteiger partial charge in [0.25, 0.3) is 5.91 Å². The van der Waals surface area contributed by atoms with Gasteiger partial charge in [0.15, 0.2) is 0 Å². The Balaban J connectivity index is 1.38. The minimum atomic E-state index is -0.282. The van der Waals surface area contributed by atoms with Gasteiger partial charge in [-0.3, -0.25) is 14.5 Å². The molecule has 32 heavy (non-hydrogen) atoms. The number of nitrogens with zero attached hydrogens (tertiary/aromatic N) is 2. The lowest BCUT2D eigenvalue weighted by Gasteiger charge is -2.40. The van der Waals surface area contributed by atoms with Crippen molar-refractivity contribution in [1.29, 1.82) is 0 Å². The summed E-state index contributed by atoms with van der Waals surface area (Å²) in [6.45, 7) is 2.91. The van der Waals surface area contributed by atoms with E-state index in [0.717, 1.165) is 31.2 Å². The van der Waals surface area contributed by atoms with Crippen molar-refractivity contribution in [2.75, 3.05) is 26.2 Å². The molecule has 1 aliphatic carbocycles. The summed E-state index contributed by atoms with van der Waals surface area (Å²) < 4.78 is 13.1. The van der Waals surface area contributed by atoms with Crippen molar-refractivity contribution in [2.45, 2.75) is 38.3 Å². The highest BCUT2D eigenvalue weighted by Gasteiger charge is 2.37. The third-order valence-electron chi connectivity index (χ3n) is 6.58. The number of piperazine rings is 1. The molecule has 2 aromatic carbocycles. The largest absolute Gasteiger partial charge is 0.351 e. The van der Waals surface area contributed by atoms with E-state index < -0.39 is 0 Å². The molecule has 1 saturated heterocycles. The molecule has 7 heteroatoms. The summed E-state index contributed by atoms with van der Waals surface area (Å²) in [6, 6.07) is 13.0. The van der Waals surface area contributed by atoms with E-state index in [1.165, 1.54) is 12.1 Å². The van der Waals surface area contributed by atoms with Crippen molar-refractivity contribution in [2.24, 2.45) is 5.92 Å². The number of hydrogen-bond donors (Lipinski definition) is 1. The Bertz CT molecular complexity index is 921. The van der Waals surface area contributed by atoms with Gasteiger partial charge in [-0.15, -0.1) is 0 Å². The van der Waals surface area contributed by atoms with E-state index in [2.05, 4.69) is 10.2 Å². The van der Waals surface area contributed by atoms with Gasteiger partial charge >= 0.3 is 0 Å². The Morgan fingerprint density at radius 3 is 2.22 bits per heavy atom. The minimum Gasteiger partial charge on any atom is -0.351 e. The van der Waals surface area contributed by atoms with Crippen molar-refractivity contribution >= 4 is 23.4 Å². The van der Waals surface area contributed by atoms with Gasteiger partial charge < -0.3 is 10.2 Å². The van der Waals surface area contributed by atoms with E-state index >= 15 is 0 Å². The Morgan fingerprint density at radius 2 is 1.59 bits per heavy atom. The van der Waals surface area contributed by atoms with Crippen molar-refractivity contribution < 1.29 is 14.0 Å². The van der Waals surface area contributed by atoms with Crippen molar-refractivity contribution in [3.8, 4) is 0 Å². The number of halogens is 2. The highest BCUT2D eigenvalue weighted by atomic mass is 35.5. The molecule has 4 rings (SSSR count). The first-order valence-electron chi connectivity index (χ1n) is 11.3. The maximum atomic E-state index is 13.2. The van der Waals surface area contributed by atoms with Crippen LogP contribution in [-0.2, 0) is 11.3 Å². The molecule has 2 amide bonds. The maximum Gasteiger partial charge on any atom is 0.253 e. The van der Waals surface area contributed by atoms with Crippen LogP contribution in [0.25, 0.3) is 0 Å². The predicted molar refractivity (Wildman–Crippen MR) is 123 cm³/mol. The van der Waals surface area contributed by atoms with Crippen LogP contribution >= 0.6 is 11.6 Å². The molecule has 1 unspecified atom stereocenters. The van der Waals surface area contributed by atoms with Crippen LogP contribution in [0.5, 0.6) is 0 Å². The molecule has 2 aromatic rings. The summed E-state index contributed by atoms with van der Waals surface area (Å²) in [5, 5.41) is 3.67. The van der Waals surface area contributed by atoms with Gasteiger partial charge in [0.05, 0.1) is 6.04 Å². The molecular weight excluding hydrogens is 429 g/mol. The Hall–Kier alpha value is -2.44. The number of rotatable bonds is 6. The highest BCUT2D eigenvalue weighted by Crippen LogP contribution is 2.31. The van der Waals surface area contributed by atoms with E-state index in [4.69, 9.17) is 11.6 Å². The Kier molecular flexibility index (Phi) is 7.43. The fourth-order valence-electron chi connectivity index (χ4n) is 4.83.